The molecular weight excluding hydrogens is 246 g/mol. The average Bonchev–Trinajstić information content (AvgIpc) is 2.40. The largest absolute Gasteiger partial charge is 0.491 e. The third-order valence-electron chi connectivity index (χ3n) is 2.61. The van der Waals surface area contributed by atoms with Crippen LogP contribution < -0.4 is 10.1 Å². The van der Waals surface area contributed by atoms with Crippen molar-refractivity contribution in [3.8, 4) is 5.75 Å². The lowest BCUT2D eigenvalue weighted by Gasteiger charge is -2.10. The van der Waals surface area contributed by atoms with Gasteiger partial charge in [-0.2, -0.15) is 0 Å². The van der Waals surface area contributed by atoms with Gasteiger partial charge in [-0.1, -0.05) is 35.9 Å². The first kappa shape index (κ1) is 12.8. The molecule has 0 spiro atoms. The first-order valence-corrected chi connectivity index (χ1v) is 6.31. The molecule has 0 unspecified atom stereocenters. The van der Waals surface area contributed by atoms with Gasteiger partial charge in [-0.3, -0.25) is 0 Å². The molecule has 0 atom stereocenters. The van der Waals surface area contributed by atoms with Crippen molar-refractivity contribution in [2.24, 2.45) is 0 Å². The summed E-state index contributed by atoms with van der Waals surface area (Å²) in [6, 6.07) is 15.7. The number of para-hydroxylation sites is 1. The lowest BCUT2D eigenvalue weighted by Crippen LogP contribution is -2.11. The molecule has 2 rings (SSSR count). The van der Waals surface area contributed by atoms with Crippen LogP contribution >= 0.6 is 11.6 Å². The van der Waals surface area contributed by atoms with E-state index < -0.39 is 0 Å². The number of hydrogen-bond acceptors (Lipinski definition) is 2. The summed E-state index contributed by atoms with van der Waals surface area (Å²) < 4.78 is 5.69. The maximum Gasteiger partial charge on any atom is 0.123 e. The van der Waals surface area contributed by atoms with Gasteiger partial charge >= 0.3 is 0 Å². The summed E-state index contributed by atoms with van der Waals surface area (Å²) in [4.78, 5) is 0. The number of rotatable bonds is 5. The second-order valence-corrected chi connectivity index (χ2v) is 4.49. The van der Waals surface area contributed by atoms with Gasteiger partial charge in [0.1, 0.15) is 12.4 Å². The van der Waals surface area contributed by atoms with Crippen LogP contribution in [0.4, 0.5) is 5.69 Å². The molecule has 2 aromatic rings. The van der Waals surface area contributed by atoms with Gasteiger partial charge in [-0.25, -0.2) is 0 Å². The predicted molar refractivity (Wildman–Crippen MR) is 76.6 cm³/mol. The number of aryl methyl sites for hydroxylation is 1. The standard InChI is InChI=1S/C15H16ClNO/c1-12-7-8-13(16)11-15(12)18-10-9-17-14-5-3-2-4-6-14/h2-8,11,17H,9-10H2,1H3. The van der Waals surface area contributed by atoms with Crippen molar-refractivity contribution in [3.63, 3.8) is 0 Å². The molecule has 0 aliphatic carbocycles. The fourth-order valence-electron chi connectivity index (χ4n) is 1.64. The average molecular weight is 262 g/mol. The van der Waals surface area contributed by atoms with Crippen molar-refractivity contribution in [1.29, 1.82) is 0 Å². The zero-order valence-electron chi connectivity index (χ0n) is 10.3. The van der Waals surface area contributed by atoms with Gasteiger partial charge in [0.2, 0.25) is 0 Å². The summed E-state index contributed by atoms with van der Waals surface area (Å²) in [7, 11) is 0. The van der Waals surface area contributed by atoms with Crippen molar-refractivity contribution >= 4 is 17.3 Å². The van der Waals surface area contributed by atoms with Crippen LogP contribution in [0.1, 0.15) is 5.56 Å². The Morgan fingerprint density at radius 2 is 1.89 bits per heavy atom. The molecule has 18 heavy (non-hydrogen) atoms. The highest BCUT2D eigenvalue weighted by Crippen LogP contribution is 2.22. The number of benzene rings is 2. The van der Waals surface area contributed by atoms with E-state index in [1.165, 1.54) is 0 Å². The van der Waals surface area contributed by atoms with Gasteiger partial charge < -0.3 is 10.1 Å². The lowest BCUT2D eigenvalue weighted by atomic mass is 10.2. The SMILES string of the molecule is Cc1ccc(Cl)cc1OCCNc1ccccc1. The topological polar surface area (TPSA) is 21.3 Å². The monoisotopic (exact) mass is 261 g/mol. The Bertz CT molecular complexity index is 499. The second kappa shape index (κ2) is 6.31. The van der Waals surface area contributed by atoms with Gasteiger partial charge in [0.15, 0.2) is 0 Å². The maximum atomic E-state index is 5.93. The van der Waals surface area contributed by atoms with Crippen LogP contribution in [0.2, 0.25) is 5.02 Å². The van der Waals surface area contributed by atoms with E-state index in [0.29, 0.717) is 11.6 Å². The van der Waals surface area contributed by atoms with Crippen molar-refractivity contribution in [2.75, 3.05) is 18.5 Å². The maximum absolute atomic E-state index is 5.93. The summed E-state index contributed by atoms with van der Waals surface area (Å²) in [6.07, 6.45) is 0. The van der Waals surface area contributed by atoms with Gasteiger partial charge in [-0.05, 0) is 36.8 Å². The van der Waals surface area contributed by atoms with E-state index in [1.54, 1.807) is 0 Å². The highest BCUT2D eigenvalue weighted by atomic mass is 35.5. The van der Waals surface area contributed by atoms with E-state index in [0.717, 1.165) is 23.5 Å². The highest BCUT2D eigenvalue weighted by molar-refractivity contribution is 6.30. The van der Waals surface area contributed by atoms with Crippen LogP contribution in [0.3, 0.4) is 0 Å². The first-order valence-electron chi connectivity index (χ1n) is 5.93. The van der Waals surface area contributed by atoms with Crippen LogP contribution in [0, 0.1) is 6.92 Å². The highest BCUT2D eigenvalue weighted by Gasteiger charge is 2.00. The molecule has 2 aromatic carbocycles. The van der Waals surface area contributed by atoms with Gasteiger partial charge in [0, 0.05) is 17.3 Å². The summed E-state index contributed by atoms with van der Waals surface area (Å²) in [5.74, 6) is 0.845. The minimum absolute atomic E-state index is 0.607. The number of nitrogens with one attached hydrogen (secondary N) is 1. The Hall–Kier alpha value is -1.67. The van der Waals surface area contributed by atoms with Crippen LogP contribution in [0.25, 0.3) is 0 Å². The number of ether oxygens (including phenoxy) is 1. The Labute approximate surface area is 113 Å². The smallest absolute Gasteiger partial charge is 0.123 e. The zero-order chi connectivity index (χ0) is 12.8. The third-order valence-corrected chi connectivity index (χ3v) is 2.85. The molecule has 2 nitrogen and oxygen atoms in total. The van der Waals surface area contributed by atoms with Crippen molar-refractivity contribution < 1.29 is 4.74 Å². The molecule has 0 aromatic heterocycles. The Morgan fingerprint density at radius 1 is 1.11 bits per heavy atom. The van der Waals surface area contributed by atoms with E-state index in [-0.39, 0.29) is 0 Å². The van der Waals surface area contributed by atoms with Crippen LogP contribution in [-0.2, 0) is 0 Å². The Kier molecular flexibility index (Phi) is 4.48. The van der Waals surface area contributed by atoms with Crippen molar-refractivity contribution in [2.45, 2.75) is 6.92 Å². The molecule has 0 radical (unpaired) electrons. The molecule has 0 heterocycles. The Balaban J connectivity index is 1.80. The fourth-order valence-corrected chi connectivity index (χ4v) is 1.80. The van der Waals surface area contributed by atoms with Crippen LogP contribution in [-0.4, -0.2) is 13.2 Å². The minimum atomic E-state index is 0.607. The van der Waals surface area contributed by atoms with Crippen LogP contribution in [0.5, 0.6) is 5.75 Å². The lowest BCUT2D eigenvalue weighted by molar-refractivity contribution is 0.330. The fraction of sp³-hybridized carbons (Fsp3) is 0.200. The summed E-state index contributed by atoms with van der Waals surface area (Å²) >= 11 is 5.93. The van der Waals surface area contributed by atoms with E-state index in [4.69, 9.17) is 16.3 Å². The van der Waals surface area contributed by atoms with E-state index in [9.17, 15) is 0 Å². The molecule has 0 aliphatic rings. The molecule has 0 fully saturated rings. The van der Waals surface area contributed by atoms with E-state index >= 15 is 0 Å². The number of anilines is 1. The summed E-state index contributed by atoms with van der Waals surface area (Å²) in [6.45, 7) is 3.38. The normalized spacial score (nSPS) is 10.1. The van der Waals surface area contributed by atoms with Gasteiger partial charge in [0.25, 0.3) is 0 Å². The molecule has 1 N–H and O–H groups in total. The van der Waals surface area contributed by atoms with E-state index in [1.807, 2.05) is 55.5 Å². The number of halogens is 1. The second-order valence-electron chi connectivity index (χ2n) is 4.05. The minimum Gasteiger partial charge on any atom is -0.491 e. The summed E-state index contributed by atoms with van der Waals surface area (Å²) in [5, 5.41) is 3.99. The van der Waals surface area contributed by atoms with Crippen molar-refractivity contribution in [3.05, 3.63) is 59.1 Å². The van der Waals surface area contributed by atoms with Gasteiger partial charge in [-0.15, -0.1) is 0 Å². The third kappa shape index (κ3) is 3.67. The van der Waals surface area contributed by atoms with Crippen molar-refractivity contribution in [1.82, 2.24) is 0 Å². The molecule has 0 aliphatic heterocycles. The first-order chi connectivity index (χ1) is 8.75. The molecule has 0 saturated carbocycles. The number of hydrogen-bond donors (Lipinski definition) is 1. The summed E-state index contributed by atoms with van der Waals surface area (Å²) in [5.41, 5.74) is 2.20. The molecule has 0 bridgehead atoms. The molecule has 0 saturated heterocycles. The molecule has 3 heteroatoms. The molecule has 94 valence electrons. The predicted octanol–water partition coefficient (Wildman–Crippen LogP) is 4.14. The molecular formula is C15H16ClNO. The Morgan fingerprint density at radius 3 is 2.67 bits per heavy atom. The molecule has 0 amide bonds. The quantitative estimate of drug-likeness (QED) is 0.817. The van der Waals surface area contributed by atoms with Crippen LogP contribution in [0.15, 0.2) is 48.5 Å². The zero-order valence-corrected chi connectivity index (χ0v) is 11.1. The van der Waals surface area contributed by atoms with Gasteiger partial charge in [0.05, 0.1) is 0 Å². The van der Waals surface area contributed by atoms with E-state index in [2.05, 4.69) is 5.32 Å².